The summed E-state index contributed by atoms with van der Waals surface area (Å²) in [5, 5.41) is 0. The highest BCUT2D eigenvalue weighted by Gasteiger charge is 2.26. The first-order chi connectivity index (χ1) is 9.56. The molecule has 0 spiro atoms. The average molecular weight is 277 g/mol. The summed E-state index contributed by atoms with van der Waals surface area (Å²) in [4.78, 5) is 11.7. The van der Waals surface area contributed by atoms with Crippen LogP contribution in [0.2, 0.25) is 0 Å². The van der Waals surface area contributed by atoms with Crippen molar-refractivity contribution in [3.63, 3.8) is 0 Å². The van der Waals surface area contributed by atoms with Gasteiger partial charge in [0.2, 0.25) is 0 Å². The van der Waals surface area contributed by atoms with Gasteiger partial charge in [0.15, 0.2) is 0 Å². The summed E-state index contributed by atoms with van der Waals surface area (Å²) < 4.78 is 0. The smallest absolute Gasteiger partial charge is 0.148 e. The van der Waals surface area contributed by atoms with Crippen molar-refractivity contribution in [3.05, 3.63) is 11.4 Å². The number of piperidine rings is 1. The maximum absolute atomic E-state index is 5.61. The number of nitrogens with zero attached hydrogens (tertiary/aromatic N) is 3. The summed E-state index contributed by atoms with van der Waals surface area (Å²) in [6, 6.07) is 0.521. The number of anilines is 2. The van der Waals surface area contributed by atoms with Gasteiger partial charge in [-0.05, 0) is 39.0 Å². The number of nitrogen functional groups attached to an aromatic ring is 1. The molecule has 0 bridgehead atoms. The molecule has 2 unspecified atom stereocenters. The third kappa shape index (κ3) is 3.03. The number of aromatic nitrogens is 2. The van der Waals surface area contributed by atoms with E-state index in [0.717, 1.165) is 48.3 Å². The van der Waals surface area contributed by atoms with Gasteiger partial charge in [-0.3, -0.25) is 0 Å². The van der Waals surface area contributed by atoms with E-state index >= 15 is 0 Å². The second kappa shape index (κ2) is 6.39. The van der Waals surface area contributed by atoms with Crippen LogP contribution >= 0.6 is 0 Å². The van der Waals surface area contributed by atoms with Crippen molar-refractivity contribution in [1.82, 2.24) is 9.97 Å². The first-order valence-electron chi connectivity index (χ1n) is 7.67. The minimum absolute atomic E-state index is 0.521. The molecule has 20 heavy (non-hydrogen) atoms. The SMILES string of the molecule is CCCc1nc(NN)c(C)c(N2CCC(C)CC2C)n1. The molecule has 0 aliphatic carbocycles. The van der Waals surface area contributed by atoms with E-state index in [4.69, 9.17) is 10.8 Å². The molecular weight excluding hydrogens is 250 g/mol. The lowest BCUT2D eigenvalue weighted by atomic mass is 9.93. The van der Waals surface area contributed by atoms with Crippen LogP contribution in [-0.4, -0.2) is 22.6 Å². The molecule has 0 amide bonds. The molecule has 0 saturated carbocycles. The zero-order valence-electron chi connectivity index (χ0n) is 13.1. The summed E-state index contributed by atoms with van der Waals surface area (Å²) in [6.07, 6.45) is 4.37. The highest BCUT2D eigenvalue weighted by atomic mass is 15.3. The topological polar surface area (TPSA) is 67.1 Å². The number of hydrogen-bond donors (Lipinski definition) is 2. The Morgan fingerprint density at radius 2 is 2.10 bits per heavy atom. The number of hydrazine groups is 1. The highest BCUT2D eigenvalue weighted by Crippen LogP contribution is 2.31. The largest absolute Gasteiger partial charge is 0.353 e. The van der Waals surface area contributed by atoms with Gasteiger partial charge < -0.3 is 10.3 Å². The van der Waals surface area contributed by atoms with E-state index in [9.17, 15) is 0 Å². The lowest BCUT2D eigenvalue weighted by molar-refractivity contribution is 0.375. The Morgan fingerprint density at radius 1 is 1.35 bits per heavy atom. The van der Waals surface area contributed by atoms with E-state index in [1.807, 2.05) is 6.92 Å². The summed E-state index contributed by atoms with van der Waals surface area (Å²) in [5.74, 6) is 9.10. The Kier molecular flexibility index (Phi) is 4.81. The molecule has 0 aromatic carbocycles. The normalized spacial score (nSPS) is 22.9. The van der Waals surface area contributed by atoms with Crippen molar-refractivity contribution >= 4 is 11.6 Å². The van der Waals surface area contributed by atoms with Crippen molar-refractivity contribution in [3.8, 4) is 0 Å². The van der Waals surface area contributed by atoms with Gasteiger partial charge in [0.1, 0.15) is 17.5 Å². The third-order valence-corrected chi connectivity index (χ3v) is 4.19. The number of rotatable bonds is 4. The molecule has 1 aliphatic rings. The van der Waals surface area contributed by atoms with Crippen molar-refractivity contribution in [2.24, 2.45) is 11.8 Å². The molecule has 1 saturated heterocycles. The van der Waals surface area contributed by atoms with Crippen LogP contribution in [0.1, 0.15) is 51.4 Å². The fourth-order valence-corrected chi connectivity index (χ4v) is 3.03. The van der Waals surface area contributed by atoms with Crippen LogP contribution in [-0.2, 0) is 6.42 Å². The van der Waals surface area contributed by atoms with E-state index in [-0.39, 0.29) is 0 Å². The minimum Gasteiger partial charge on any atom is -0.353 e. The summed E-state index contributed by atoms with van der Waals surface area (Å²) in [6.45, 7) is 9.87. The lowest BCUT2D eigenvalue weighted by Crippen LogP contribution is -2.41. The number of hydrogen-bond acceptors (Lipinski definition) is 5. The third-order valence-electron chi connectivity index (χ3n) is 4.19. The second-order valence-electron chi connectivity index (χ2n) is 6.00. The average Bonchev–Trinajstić information content (AvgIpc) is 2.41. The number of nitrogens with one attached hydrogen (secondary N) is 1. The molecule has 112 valence electrons. The predicted octanol–water partition coefficient (Wildman–Crippen LogP) is 2.65. The fraction of sp³-hybridized carbons (Fsp3) is 0.733. The van der Waals surface area contributed by atoms with Crippen molar-refractivity contribution in [1.29, 1.82) is 0 Å². The van der Waals surface area contributed by atoms with Gasteiger partial charge in [0, 0.05) is 24.6 Å². The molecule has 0 radical (unpaired) electrons. The monoisotopic (exact) mass is 277 g/mol. The van der Waals surface area contributed by atoms with Crippen LogP contribution in [0.5, 0.6) is 0 Å². The van der Waals surface area contributed by atoms with E-state index in [0.29, 0.717) is 6.04 Å². The molecule has 5 heteroatoms. The lowest BCUT2D eigenvalue weighted by Gasteiger charge is -2.38. The van der Waals surface area contributed by atoms with E-state index in [1.54, 1.807) is 0 Å². The molecule has 2 atom stereocenters. The van der Waals surface area contributed by atoms with Gasteiger partial charge in [0.05, 0.1) is 0 Å². The van der Waals surface area contributed by atoms with Crippen LogP contribution in [0.4, 0.5) is 11.6 Å². The Labute approximate surface area is 121 Å². The van der Waals surface area contributed by atoms with Gasteiger partial charge >= 0.3 is 0 Å². The van der Waals surface area contributed by atoms with E-state index in [1.165, 1.54) is 12.8 Å². The zero-order valence-corrected chi connectivity index (χ0v) is 13.1. The molecule has 1 aromatic rings. The standard InChI is InChI=1S/C15H27N5/c1-5-6-13-17-14(19-16)12(4)15(18-13)20-8-7-10(2)9-11(20)3/h10-11H,5-9,16H2,1-4H3,(H,17,18,19). The quantitative estimate of drug-likeness (QED) is 0.654. The first kappa shape index (κ1) is 15.0. The van der Waals surface area contributed by atoms with Gasteiger partial charge in [0.25, 0.3) is 0 Å². The molecule has 1 aromatic heterocycles. The van der Waals surface area contributed by atoms with Crippen molar-refractivity contribution < 1.29 is 0 Å². The second-order valence-corrected chi connectivity index (χ2v) is 6.00. The van der Waals surface area contributed by atoms with Crippen LogP contribution in [0, 0.1) is 12.8 Å². The molecule has 2 rings (SSSR count). The molecule has 3 N–H and O–H groups in total. The molecule has 1 fully saturated rings. The summed E-state index contributed by atoms with van der Waals surface area (Å²) in [7, 11) is 0. The molecular formula is C15H27N5. The molecule has 1 aliphatic heterocycles. The van der Waals surface area contributed by atoms with Gasteiger partial charge in [-0.25, -0.2) is 15.8 Å². The zero-order chi connectivity index (χ0) is 14.7. The Morgan fingerprint density at radius 3 is 2.70 bits per heavy atom. The maximum atomic E-state index is 5.61. The number of nitrogens with two attached hydrogens (primary N) is 1. The summed E-state index contributed by atoms with van der Waals surface area (Å²) in [5.41, 5.74) is 3.77. The predicted molar refractivity (Wildman–Crippen MR) is 83.8 cm³/mol. The Bertz CT molecular complexity index is 460. The Balaban J connectivity index is 2.36. The summed E-state index contributed by atoms with van der Waals surface area (Å²) >= 11 is 0. The Hall–Kier alpha value is -1.36. The van der Waals surface area contributed by atoms with Crippen LogP contribution in [0.3, 0.4) is 0 Å². The van der Waals surface area contributed by atoms with E-state index in [2.05, 4.69) is 36.1 Å². The minimum atomic E-state index is 0.521. The highest BCUT2D eigenvalue weighted by molar-refractivity contribution is 5.58. The van der Waals surface area contributed by atoms with Crippen molar-refractivity contribution in [2.45, 2.75) is 59.4 Å². The van der Waals surface area contributed by atoms with Crippen molar-refractivity contribution in [2.75, 3.05) is 16.9 Å². The number of aryl methyl sites for hydroxylation is 1. The maximum Gasteiger partial charge on any atom is 0.148 e. The molecule has 5 nitrogen and oxygen atoms in total. The van der Waals surface area contributed by atoms with Gasteiger partial charge in [-0.1, -0.05) is 13.8 Å². The van der Waals surface area contributed by atoms with Crippen LogP contribution in [0.15, 0.2) is 0 Å². The van der Waals surface area contributed by atoms with E-state index < -0.39 is 0 Å². The fourth-order valence-electron chi connectivity index (χ4n) is 3.03. The molecule has 2 heterocycles. The van der Waals surface area contributed by atoms with Gasteiger partial charge in [-0.2, -0.15) is 0 Å². The first-order valence-corrected chi connectivity index (χ1v) is 7.67. The van der Waals surface area contributed by atoms with Crippen LogP contribution < -0.4 is 16.2 Å². The van der Waals surface area contributed by atoms with Crippen LogP contribution in [0.25, 0.3) is 0 Å². The van der Waals surface area contributed by atoms with Gasteiger partial charge in [-0.15, -0.1) is 0 Å².